The van der Waals surface area contributed by atoms with E-state index >= 15 is 0 Å². The number of ether oxygens (including phenoxy) is 1. The number of fused-ring (bicyclic) bond motifs is 1. The molecule has 1 saturated heterocycles. The first-order chi connectivity index (χ1) is 15.3. The van der Waals surface area contributed by atoms with Gasteiger partial charge in [0.2, 0.25) is 5.91 Å². The third kappa shape index (κ3) is 4.25. The van der Waals surface area contributed by atoms with Crippen LogP contribution in [0.25, 0.3) is 11.3 Å². The van der Waals surface area contributed by atoms with E-state index in [0.717, 1.165) is 30.8 Å². The molecule has 0 radical (unpaired) electrons. The number of carbonyl (C=O) groups excluding carboxylic acids is 2. The molecule has 2 aromatic rings. The summed E-state index contributed by atoms with van der Waals surface area (Å²) in [5, 5.41) is 3.27. The van der Waals surface area contributed by atoms with Crippen molar-refractivity contribution in [2.45, 2.75) is 69.2 Å². The highest BCUT2D eigenvalue weighted by Gasteiger charge is 2.37. The minimum atomic E-state index is -0.629. The fourth-order valence-electron chi connectivity index (χ4n) is 4.69. The first-order valence-electron chi connectivity index (χ1n) is 11.3. The number of rotatable bonds is 5. The lowest BCUT2D eigenvalue weighted by molar-refractivity contribution is -0.135. The predicted molar refractivity (Wildman–Crippen MR) is 126 cm³/mol. The van der Waals surface area contributed by atoms with Crippen molar-refractivity contribution in [3.63, 3.8) is 0 Å². The van der Waals surface area contributed by atoms with Crippen LogP contribution in [0.5, 0.6) is 0 Å². The Bertz CT molecular complexity index is 1020. The Labute approximate surface area is 193 Å². The Kier molecular flexibility index (Phi) is 6.51. The van der Waals surface area contributed by atoms with Crippen LogP contribution in [0.15, 0.2) is 23.2 Å². The normalized spacial score (nSPS) is 21.0. The molecule has 2 aliphatic heterocycles. The second-order valence-electron chi connectivity index (χ2n) is 9.10. The topological polar surface area (TPSA) is 87.3 Å². The van der Waals surface area contributed by atoms with E-state index in [1.807, 2.05) is 36.7 Å². The van der Waals surface area contributed by atoms with Gasteiger partial charge in [0, 0.05) is 22.3 Å². The molecular weight excluding hydrogens is 424 g/mol. The number of aryl methyl sites for hydroxylation is 1. The highest BCUT2D eigenvalue weighted by Crippen LogP contribution is 2.44. The first kappa shape index (κ1) is 22.7. The number of benzene rings is 1. The van der Waals surface area contributed by atoms with E-state index in [4.69, 9.17) is 4.74 Å². The number of hydrogen-bond acceptors (Lipinski definition) is 5. The smallest absolute Gasteiger partial charge is 0.407 e. The lowest BCUT2D eigenvalue weighted by Crippen LogP contribution is -2.51. The molecule has 0 bridgehead atoms. The number of nitrogens with one attached hydrogen (secondary N) is 2. The molecule has 2 amide bonds. The zero-order valence-corrected chi connectivity index (χ0v) is 20.2. The Morgan fingerprint density at radius 3 is 2.84 bits per heavy atom. The van der Waals surface area contributed by atoms with Crippen molar-refractivity contribution in [2.24, 2.45) is 5.92 Å². The largest absolute Gasteiger partial charge is 0.453 e. The summed E-state index contributed by atoms with van der Waals surface area (Å²) >= 11 is 1.92. The van der Waals surface area contributed by atoms with Gasteiger partial charge >= 0.3 is 6.09 Å². The van der Waals surface area contributed by atoms with Gasteiger partial charge < -0.3 is 19.9 Å². The van der Waals surface area contributed by atoms with Crippen molar-refractivity contribution in [3.05, 3.63) is 35.3 Å². The molecule has 0 spiro atoms. The van der Waals surface area contributed by atoms with Crippen LogP contribution in [-0.4, -0.2) is 51.8 Å². The minimum Gasteiger partial charge on any atom is -0.453 e. The Hall–Kier alpha value is -2.48. The third-order valence-electron chi connectivity index (χ3n) is 6.43. The minimum absolute atomic E-state index is 0.0517. The van der Waals surface area contributed by atoms with Gasteiger partial charge in [-0.15, -0.1) is 11.8 Å². The summed E-state index contributed by atoms with van der Waals surface area (Å²) in [5.41, 5.74) is 4.94. The van der Waals surface area contributed by atoms with Gasteiger partial charge in [0.25, 0.3) is 0 Å². The highest BCUT2D eigenvalue weighted by atomic mass is 32.2. The summed E-state index contributed by atoms with van der Waals surface area (Å²) in [6.07, 6.45) is 4.14. The fraction of sp³-hybridized carbons (Fsp3) is 0.542. The van der Waals surface area contributed by atoms with E-state index in [0.29, 0.717) is 11.8 Å². The van der Waals surface area contributed by atoms with Gasteiger partial charge in [-0.2, -0.15) is 0 Å². The zero-order chi connectivity index (χ0) is 23.0. The predicted octanol–water partition coefficient (Wildman–Crippen LogP) is 4.47. The molecule has 1 aromatic carbocycles. The molecule has 1 unspecified atom stereocenters. The molecule has 0 saturated carbocycles. The standard InChI is InChI=1S/C24H32N4O3S/c1-13(2)20(27-24(30)31-5)23(29)28-10-6-7-19(28)22-25-12-18(26-22)16-9-8-14(3)17-11-15(4)32-21(16)17/h8-9,12-13,15,19-20H,6-7,10-11H2,1-5H3,(H,25,26)(H,27,30)/t15?,19-,20-/m0/s1. The van der Waals surface area contributed by atoms with Crippen molar-refractivity contribution >= 4 is 23.8 Å². The number of amides is 2. The molecule has 3 heterocycles. The van der Waals surface area contributed by atoms with Crippen LogP contribution in [0.3, 0.4) is 0 Å². The number of methoxy groups -OCH3 is 1. The summed E-state index contributed by atoms with van der Waals surface area (Å²) in [7, 11) is 1.31. The van der Waals surface area contributed by atoms with Gasteiger partial charge in [0.05, 0.1) is 25.0 Å². The highest BCUT2D eigenvalue weighted by molar-refractivity contribution is 8.00. The third-order valence-corrected chi connectivity index (χ3v) is 7.71. The maximum absolute atomic E-state index is 13.3. The number of carbonyl (C=O) groups is 2. The number of aromatic amines is 1. The monoisotopic (exact) mass is 456 g/mol. The molecule has 0 aliphatic carbocycles. The number of nitrogens with zero attached hydrogens (tertiary/aromatic N) is 2. The molecule has 32 heavy (non-hydrogen) atoms. The summed E-state index contributed by atoms with van der Waals surface area (Å²) < 4.78 is 4.72. The van der Waals surface area contributed by atoms with Gasteiger partial charge in [-0.3, -0.25) is 4.79 Å². The Morgan fingerprint density at radius 2 is 2.12 bits per heavy atom. The van der Waals surface area contributed by atoms with Crippen LogP contribution in [0.2, 0.25) is 0 Å². The van der Waals surface area contributed by atoms with Crippen LogP contribution in [0.1, 0.15) is 56.6 Å². The van der Waals surface area contributed by atoms with Crippen molar-refractivity contribution in [1.29, 1.82) is 0 Å². The molecule has 1 aromatic heterocycles. The molecule has 2 N–H and O–H groups in total. The number of imidazole rings is 1. The summed E-state index contributed by atoms with van der Waals surface area (Å²) in [5.74, 6) is 0.660. The van der Waals surface area contributed by atoms with E-state index in [1.165, 1.54) is 28.7 Å². The molecule has 2 aliphatic rings. The summed E-state index contributed by atoms with van der Waals surface area (Å²) in [4.78, 5) is 36.5. The lowest BCUT2D eigenvalue weighted by Gasteiger charge is -2.30. The number of alkyl carbamates (subject to hydrolysis) is 1. The van der Waals surface area contributed by atoms with Crippen LogP contribution in [0.4, 0.5) is 4.79 Å². The summed E-state index contributed by atoms with van der Waals surface area (Å²) in [6, 6.07) is 3.60. The molecule has 3 atom stereocenters. The van der Waals surface area contributed by atoms with Gasteiger partial charge in [0.15, 0.2) is 0 Å². The Balaban J connectivity index is 1.59. The van der Waals surface area contributed by atoms with Crippen LogP contribution >= 0.6 is 11.8 Å². The van der Waals surface area contributed by atoms with Crippen molar-refractivity contribution in [3.8, 4) is 11.3 Å². The van der Waals surface area contributed by atoms with Crippen LogP contribution in [0, 0.1) is 12.8 Å². The SMILES string of the molecule is COC(=O)N[C@H](C(=O)N1CCC[C@H]1c1ncc(-c2ccc(C)c3c2SC(C)C3)[nH]1)C(C)C. The average Bonchev–Trinajstić information content (AvgIpc) is 3.50. The number of likely N-dealkylation sites (tertiary alicyclic amines) is 1. The van der Waals surface area contributed by atoms with E-state index in [-0.39, 0.29) is 17.9 Å². The van der Waals surface area contributed by atoms with Crippen molar-refractivity contribution < 1.29 is 14.3 Å². The van der Waals surface area contributed by atoms with Crippen molar-refractivity contribution in [2.75, 3.05) is 13.7 Å². The van der Waals surface area contributed by atoms with Gasteiger partial charge in [-0.25, -0.2) is 9.78 Å². The lowest BCUT2D eigenvalue weighted by atomic mass is 10.00. The zero-order valence-electron chi connectivity index (χ0n) is 19.4. The molecule has 7 nitrogen and oxygen atoms in total. The second-order valence-corrected chi connectivity index (χ2v) is 10.5. The van der Waals surface area contributed by atoms with E-state index in [9.17, 15) is 9.59 Å². The molecule has 172 valence electrons. The maximum Gasteiger partial charge on any atom is 0.407 e. The number of aromatic nitrogens is 2. The van der Waals surface area contributed by atoms with Crippen molar-refractivity contribution in [1.82, 2.24) is 20.2 Å². The van der Waals surface area contributed by atoms with Gasteiger partial charge in [-0.1, -0.05) is 32.9 Å². The van der Waals surface area contributed by atoms with E-state index in [1.54, 1.807) is 0 Å². The van der Waals surface area contributed by atoms with E-state index < -0.39 is 12.1 Å². The maximum atomic E-state index is 13.3. The molecule has 4 rings (SSSR count). The Morgan fingerprint density at radius 1 is 1.34 bits per heavy atom. The number of hydrogen-bond donors (Lipinski definition) is 2. The number of H-pyrrole nitrogens is 1. The summed E-state index contributed by atoms with van der Waals surface area (Å²) in [6.45, 7) is 8.94. The number of thioether (sulfide) groups is 1. The van der Waals surface area contributed by atoms with E-state index in [2.05, 4.69) is 41.3 Å². The van der Waals surface area contributed by atoms with Crippen LogP contribution < -0.4 is 5.32 Å². The van der Waals surface area contributed by atoms with Gasteiger partial charge in [-0.05, 0) is 43.2 Å². The molecule has 8 heteroatoms. The first-order valence-corrected chi connectivity index (χ1v) is 12.2. The van der Waals surface area contributed by atoms with Crippen LogP contribution in [-0.2, 0) is 16.0 Å². The fourth-order valence-corrected chi connectivity index (χ4v) is 6.04. The quantitative estimate of drug-likeness (QED) is 0.693. The average molecular weight is 457 g/mol. The van der Waals surface area contributed by atoms with Gasteiger partial charge in [0.1, 0.15) is 11.9 Å². The second kappa shape index (κ2) is 9.17. The molecule has 1 fully saturated rings. The molecular formula is C24H32N4O3S.